The van der Waals surface area contributed by atoms with Crippen molar-refractivity contribution in [2.45, 2.75) is 58.0 Å². The van der Waals surface area contributed by atoms with E-state index in [-0.39, 0.29) is 17.5 Å². The topological polar surface area (TPSA) is 57.1 Å². The van der Waals surface area contributed by atoms with Gasteiger partial charge < -0.3 is 14.3 Å². The average molecular weight is 369 g/mol. The summed E-state index contributed by atoms with van der Waals surface area (Å²) >= 11 is 0. The second kappa shape index (κ2) is 6.25. The third-order valence-corrected chi connectivity index (χ3v) is 7.02. The molecule has 1 aliphatic heterocycles. The molecule has 1 aromatic carbocycles. The van der Waals surface area contributed by atoms with Crippen LogP contribution in [0.5, 0.6) is 11.5 Å². The number of methoxy groups -OCH3 is 1. The molecule has 1 aromatic rings. The number of carbonyl (C=O) groups is 1. The highest BCUT2D eigenvalue weighted by Crippen LogP contribution is 2.60. The first-order valence-electron chi connectivity index (χ1n) is 10.2. The van der Waals surface area contributed by atoms with Crippen LogP contribution in [0.1, 0.15) is 57.4 Å². The van der Waals surface area contributed by atoms with Crippen LogP contribution in [0, 0.1) is 23.2 Å². The number of benzene rings is 1. The first-order valence-corrected chi connectivity index (χ1v) is 10.2. The molecule has 0 radical (unpaired) electrons. The first kappa shape index (κ1) is 17.1. The van der Waals surface area contributed by atoms with E-state index in [0.29, 0.717) is 24.2 Å². The van der Waals surface area contributed by atoms with Gasteiger partial charge in [0.25, 0.3) is 0 Å². The lowest BCUT2D eigenvalue weighted by Gasteiger charge is -2.54. The number of hydrogen-bond donors (Lipinski definition) is 0. The Morgan fingerprint density at radius 3 is 2.44 bits per heavy atom. The van der Waals surface area contributed by atoms with Crippen LogP contribution in [0.2, 0.25) is 0 Å². The second-order valence-electron chi connectivity index (χ2n) is 9.11. The molecular formula is C22H27NO4. The van der Waals surface area contributed by atoms with Gasteiger partial charge in [0.15, 0.2) is 0 Å². The second-order valence-corrected chi connectivity index (χ2v) is 9.11. The molecule has 0 spiro atoms. The lowest BCUT2D eigenvalue weighted by molar-refractivity contribution is -0.171. The van der Waals surface area contributed by atoms with Gasteiger partial charge in [0.1, 0.15) is 17.6 Å². The fourth-order valence-electron chi connectivity index (χ4n) is 6.25. The van der Waals surface area contributed by atoms with Gasteiger partial charge in [-0.05, 0) is 75.3 Å². The Kier molecular flexibility index (Phi) is 3.95. The van der Waals surface area contributed by atoms with Gasteiger partial charge in [-0.2, -0.15) is 0 Å². The number of carbonyl (C=O) groups excluding carboxylic acids is 1. The standard InChI is InChI=1S/C22H27NO4/c1-13-5-19(18-4-3-17(25-2)9-20(18)26-13)23-27-21(24)22-10-14-6-15(11-22)8-16(7-14)12-22/h3-4,9,13-16H,5-8,10-12H2,1-2H3/b23-19+/t13-,14?,15?,16?,22?/m0/s1. The van der Waals surface area contributed by atoms with E-state index in [1.807, 2.05) is 25.1 Å². The third kappa shape index (κ3) is 2.91. The van der Waals surface area contributed by atoms with Crippen molar-refractivity contribution >= 4 is 11.7 Å². The molecule has 0 unspecified atom stereocenters. The predicted octanol–water partition coefficient (Wildman–Crippen LogP) is 4.33. The van der Waals surface area contributed by atoms with Gasteiger partial charge in [0.2, 0.25) is 0 Å². The summed E-state index contributed by atoms with van der Waals surface area (Å²) in [6, 6.07) is 5.67. The van der Waals surface area contributed by atoms with E-state index in [0.717, 1.165) is 42.0 Å². The van der Waals surface area contributed by atoms with Gasteiger partial charge in [0.05, 0.1) is 18.2 Å². The molecule has 27 heavy (non-hydrogen) atoms. The summed E-state index contributed by atoms with van der Waals surface area (Å²) in [6.45, 7) is 2.00. The van der Waals surface area contributed by atoms with Crippen molar-refractivity contribution in [2.24, 2.45) is 28.3 Å². The Labute approximate surface area is 160 Å². The molecule has 1 heterocycles. The first-order chi connectivity index (χ1) is 13.0. The molecule has 0 N–H and O–H groups in total. The summed E-state index contributed by atoms with van der Waals surface area (Å²) in [4.78, 5) is 18.6. The molecule has 6 rings (SSSR count). The van der Waals surface area contributed by atoms with E-state index in [9.17, 15) is 4.79 Å². The van der Waals surface area contributed by atoms with Crippen LogP contribution in [0.25, 0.3) is 0 Å². The van der Waals surface area contributed by atoms with Crippen LogP contribution in [0.4, 0.5) is 0 Å². The Hall–Kier alpha value is -2.04. The molecule has 0 amide bonds. The number of nitrogens with zero attached hydrogens (tertiary/aromatic N) is 1. The average Bonchev–Trinajstić information content (AvgIpc) is 2.64. The Balaban J connectivity index is 1.38. The molecule has 4 fully saturated rings. The highest BCUT2D eigenvalue weighted by atomic mass is 16.7. The molecule has 0 saturated heterocycles. The summed E-state index contributed by atoms with van der Waals surface area (Å²) < 4.78 is 11.2. The zero-order valence-electron chi connectivity index (χ0n) is 16.1. The molecule has 144 valence electrons. The molecule has 5 heteroatoms. The molecule has 5 aliphatic rings. The molecular weight excluding hydrogens is 342 g/mol. The number of rotatable bonds is 3. The van der Waals surface area contributed by atoms with E-state index < -0.39 is 0 Å². The van der Waals surface area contributed by atoms with Gasteiger partial charge in [-0.15, -0.1) is 0 Å². The lowest BCUT2D eigenvalue weighted by Crippen LogP contribution is -2.50. The van der Waals surface area contributed by atoms with E-state index in [2.05, 4.69) is 5.16 Å². The maximum absolute atomic E-state index is 13.1. The summed E-state index contributed by atoms with van der Waals surface area (Å²) in [5.74, 6) is 3.52. The van der Waals surface area contributed by atoms with E-state index >= 15 is 0 Å². The van der Waals surface area contributed by atoms with Gasteiger partial charge in [-0.1, -0.05) is 5.16 Å². The van der Waals surface area contributed by atoms with Crippen molar-refractivity contribution in [3.8, 4) is 11.5 Å². The van der Waals surface area contributed by atoms with Crippen molar-refractivity contribution in [1.82, 2.24) is 0 Å². The number of fused-ring (bicyclic) bond motifs is 1. The Morgan fingerprint density at radius 2 is 1.81 bits per heavy atom. The molecule has 1 atom stereocenters. The van der Waals surface area contributed by atoms with Crippen LogP contribution >= 0.6 is 0 Å². The summed E-state index contributed by atoms with van der Waals surface area (Å²) in [6.07, 6.45) is 7.54. The van der Waals surface area contributed by atoms with Crippen LogP contribution in [-0.2, 0) is 9.63 Å². The van der Waals surface area contributed by atoms with Gasteiger partial charge in [-0.25, -0.2) is 4.79 Å². The largest absolute Gasteiger partial charge is 0.497 e. The molecule has 4 saturated carbocycles. The molecule has 4 aliphatic carbocycles. The number of oxime groups is 1. The molecule has 0 aromatic heterocycles. The fourth-order valence-corrected chi connectivity index (χ4v) is 6.25. The van der Waals surface area contributed by atoms with Gasteiger partial charge in [0, 0.05) is 18.1 Å². The van der Waals surface area contributed by atoms with Crippen molar-refractivity contribution < 1.29 is 19.1 Å². The maximum atomic E-state index is 13.1. The van der Waals surface area contributed by atoms with E-state index in [1.165, 1.54) is 19.3 Å². The quantitative estimate of drug-likeness (QED) is 0.588. The smallest absolute Gasteiger partial charge is 0.341 e. The maximum Gasteiger partial charge on any atom is 0.341 e. The minimum atomic E-state index is -0.279. The number of ether oxygens (including phenoxy) is 2. The Morgan fingerprint density at radius 1 is 1.15 bits per heavy atom. The summed E-state index contributed by atoms with van der Waals surface area (Å²) in [5, 5.41) is 4.33. The van der Waals surface area contributed by atoms with Crippen LogP contribution < -0.4 is 9.47 Å². The molecule has 5 nitrogen and oxygen atoms in total. The normalized spacial score (nSPS) is 37.6. The fraction of sp³-hybridized carbons (Fsp3) is 0.636. The SMILES string of the molecule is COc1ccc2c(c1)O[C@@H](C)C/C2=N\OC(=O)C12CC3CC(CC(C3)C1)C2. The van der Waals surface area contributed by atoms with Gasteiger partial charge in [-0.3, -0.25) is 0 Å². The van der Waals surface area contributed by atoms with Crippen molar-refractivity contribution in [1.29, 1.82) is 0 Å². The van der Waals surface area contributed by atoms with Crippen molar-refractivity contribution in [3.05, 3.63) is 23.8 Å². The van der Waals surface area contributed by atoms with Crippen LogP contribution in [0.15, 0.2) is 23.4 Å². The summed E-state index contributed by atoms with van der Waals surface area (Å²) in [7, 11) is 1.64. The zero-order chi connectivity index (χ0) is 18.6. The minimum Gasteiger partial charge on any atom is -0.497 e. The van der Waals surface area contributed by atoms with Crippen molar-refractivity contribution in [2.75, 3.05) is 7.11 Å². The van der Waals surface area contributed by atoms with E-state index in [1.54, 1.807) is 7.11 Å². The number of hydrogen-bond acceptors (Lipinski definition) is 5. The van der Waals surface area contributed by atoms with Crippen molar-refractivity contribution in [3.63, 3.8) is 0 Å². The predicted molar refractivity (Wildman–Crippen MR) is 101 cm³/mol. The van der Waals surface area contributed by atoms with E-state index in [4.69, 9.17) is 14.3 Å². The summed E-state index contributed by atoms with van der Waals surface area (Å²) in [5.41, 5.74) is 1.38. The van der Waals surface area contributed by atoms with Crippen LogP contribution in [0.3, 0.4) is 0 Å². The monoisotopic (exact) mass is 369 g/mol. The minimum absolute atomic E-state index is 0.0124. The highest BCUT2D eigenvalue weighted by molar-refractivity contribution is 6.04. The lowest BCUT2D eigenvalue weighted by atomic mass is 9.49. The third-order valence-electron chi connectivity index (χ3n) is 7.02. The molecule has 4 bridgehead atoms. The van der Waals surface area contributed by atoms with Gasteiger partial charge >= 0.3 is 5.97 Å². The zero-order valence-corrected chi connectivity index (χ0v) is 16.1. The highest BCUT2D eigenvalue weighted by Gasteiger charge is 2.55. The Bertz CT molecular complexity index is 764. The van der Waals surface area contributed by atoms with Crippen LogP contribution in [-0.4, -0.2) is 24.9 Å².